The molecule has 0 aromatic carbocycles. The molecule has 72 valence electrons. The van der Waals surface area contributed by atoms with E-state index in [9.17, 15) is 5.11 Å². The van der Waals surface area contributed by atoms with Crippen molar-refractivity contribution in [3.05, 3.63) is 0 Å². The zero-order chi connectivity index (χ0) is 9.19. The van der Waals surface area contributed by atoms with Gasteiger partial charge in [0.2, 0.25) is 0 Å². The number of aliphatic hydroxyl groups is 1. The molecule has 1 rings (SSSR count). The zero-order valence-corrected chi connectivity index (χ0v) is 8.08. The van der Waals surface area contributed by atoms with E-state index in [0.29, 0.717) is 0 Å². The summed E-state index contributed by atoms with van der Waals surface area (Å²) in [6.45, 7) is 6.80. The fourth-order valence-electron chi connectivity index (χ4n) is 1.75. The summed E-state index contributed by atoms with van der Waals surface area (Å²) < 4.78 is 0. The summed E-state index contributed by atoms with van der Waals surface area (Å²) in [6.07, 6.45) is 1.90. The Bertz CT molecular complexity index is 142. The van der Waals surface area contributed by atoms with Gasteiger partial charge in [-0.3, -0.25) is 4.90 Å². The molecular formula is C9H20N2O. The lowest BCUT2D eigenvalue weighted by atomic mass is 10.0. The van der Waals surface area contributed by atoms with Gasteiger partial charge in [-0.25, -0.2) is 0 Å². The summed E-state index contributed by atoms with van der Waals surface area (Å²) in [5, 5.41) is 9.39. The van der Waals surface area contributed by atoms with Gasteiger partial charge in [-0.15, -0.1) is 0 Å². The van der Waals surface area contributed by atoms with Gasteiger partial charge < -0.3 is 10.8 Å². The lowest BCUT2D eigenvalue weighted by Crippen LogP contribution is -2.49. The second-order valence-corrected chi connectivity index (χ2v) is 4.52. The van der Waals surface area contributed by atoms with E-state index in [1.807, 2.05) is 13.8 Å². The first-order chi connectivity index (χ1) is 5.47. The summed E-state index contributed by atoms with van der Waals surface area (Å²) in [5.41, 5.74) is 5.75. The van der Waals surface area contributed by atoms with E-state index in [0.717, 1.165) is 32.5 Å². The molecule has 0 bridgehead atoms. The van der Waals surface area contributed by atoms with Crippen LogP contribution in [0.3, 0.4) is 0 Å². The van der Waals surface area contributed by atoms with E-state index in [1.165, 1.54) is 0 Å². The average molecular weight is 172 g/mol. The van der Waals surface area contributed by atoms with Crippen LogP contribution in [0, 0.1) is 0 Å². The molecule has 0 aromatic rings. The van der Waals surface area contributed by atoms with Gasteiger partial charge in [-0.05, 0) is 33.2 Å². The molecule has 0 aliphatic carbocycles. The van der Waals surface area contributed by atoms with Gasteiger partial charge in [0, 0.05) is 18.6 Å². The summed E-state index contributed by atoms with van der Waals surface area (Å²) in [7, 11) is 0. The molecule has 1 heterocycles. The van der Waals surface area contributed by atoms with Crippen LogP contribution in [0.4, 0.5) is 0 Å². The number of aliphatic hydroxyl groups excluding tert-OH is 1. The molecule has 1 atom stereocenters. The SMILES string of the molecule is CC(C)(N)CN1CCC[C@H](O)C1. The van der Waals surface area contributed by atoms with Crippen LogP contribution in [0.2, 0.25) is 0 Å². The molecule has 1 fully saturated rings. The summed E-state index contributed by atoms with van der Waals surface area (Å²) in [4.78, 5) is 2.24. The van der Waals surface area contributed by atoms with Crippen LogP contribution in [0.5, 0.6) is 0 Å². The Balaban J connectivity index is 2.32. The maximum Gasteiger partial charge on any atom is 0.0667 e. The third-order valence-electron chi connectivity index (χ3n) is 2.11. The van der Waals surface area contributed by atoms with E-state index < -0.39 is 0 Å². The van der Waals surface area contributed by atoms with E-state index >= 15 is 0 Å². The molecule has 0 spiro atoms. The highest BCUT2D eigenvalue weighted by atomic mass is 16.3. The van der Waals surface area contributed by atoms with E-state index in [4.69, 9.17) is 5.73 Å². The van der Waals surface area contributed by atoms with Crippen molar-refractivity contribution in [2.24, 2.45) is 5.73 Å². The van der Waals surface area contributed by atoms with Crippen molar-refractivity contribution in [1.82, 2.24) is 4.90 Å². The van der Waals surface area contributed by atoms with Crippen LogP contribution in [0.1, 0.15) is 26.7 Å². The number of hydrogen-bond acceptors (Lipinski definition) is 3. The average Bonchev–Trinajstić information content (AvgIpc) is 1.82. The number of piperidine rings is 1. The lowest BCUT2D eigenvalue weighted by molar-refractivity contribution is 0.0616. The minimum absolute atomic E-state index is 0.138. The molecule has 3 heteroatoms. The maximum absolute atomic E-state index is 9.39. The molecule has 1 aliphatic heterocycles. The summed E-state index contributed by atoms with van der Waals surface area (Å²) >= 11 is 0. The van der Waals surface area contributed by atoms with Gasteiger partial charge in [0.15, 0.2) is 0 Å². The van der Waals surface area contributed by atoms with Crippen molar-refractivity contribution in [2.75, 3.05) is 19.6 Å². The molecule has 0 radical (unpaired) electrons. The van der Waals surface area contributed by atoms with Crippen molar-refractivity contribution >= 4 is 0 Å². The van der Waals surface area contributed by atoms with Gasteiger partial charge in [-0.1, -0.05) is 0 Å². The van der Waals surface area contributed by atoms with Crippen molar-refractivity contribution in [3.63, 3.8) is 0 Å². The molecule has 3 N–H and O–H groups in total. The summed E-state index contributed by atoms with van der Waals surface area (Å²) in [6, 6.07) is 0. The zero-order valence-electron chi connectivity index (χ0n) is 8.08. The largest absolute Gasteiger partial charge is 0.392 e. The monoisotopic (exact) mass is 172 g/mol. The van der Waals surface area contributed by atoms with Gasteiger partial charge in [0.25, 0.3) is 0 Å². The van der Waals surface area contributed by atoms with Gasteiger partial charge in [0.1, 0.15) is 0 Å². The standard InChI is InChI=1S/C9H20N2O/c1-9(2,10)7-11-5-3-4-8(12)6-11/h8,12H,3-7,10H2,1-2H3/t8-/m0/s1. The minimum Gasteiger partial charge on any atom is -0.392 e. The third kappa shape index (κ3) is 3.52. The lowest BCUT2D eigenvalue weighted by Gasteiger charge is -2.34. The molecule has 0 unspecified atom stereocenters. The smallest absolute Gasteiger partial charge is 0.0667 e. The molecule has 1 saturated heterocycles. The summed E-state index contributed by atoms with van der Waals surface area (Å²) in [5.74, 6) is 0. The molecule has 0 aromatic heterocycles. The number of likely N-dealkylation sites (tertiary alicyclic amines) is 1. The maximum atomic E-state index is 9.39. The Morgan fingerprint density at radius 2 is 2.25 bits per heavy atom. The minimum atomic E-state index is -0.142. The van der Waals surface area contributed by atoms with Crippen LogP contribution >= 0.6 is 0 Å². The normalized spacial score (nSPS) is 27.5. The molecule has 1 aliphatic rings. The molecule has 0 amide bonds. The van der Waals surface area contributed by atoms with Crippen molar-refractivity contribution in [1.29, 1.82) is 0 Å². The predicted molar refractivity (Wildman–Crippen MR) is 49.9 cm³/mol. The van der Waals surface area contributed by atoms with Crippen LogP contribution in [-0.4, -0.2) is 41.3 Å². The number of nitrogens with zero attached hydrogens (tertiary/aromatic N) is 1. The van der Waals surface area contributed by atoms with Crippen molar-refractivity contribution in [2.45, 2.75) is 38.3 Å². The Kier molecular flexibility index (Phi) is 3.09. The first kappa shape index (κ1) is 9.96. The molecular weight excluding hydrogens is 152 g/mol. The van der Waals surface area contributed by atoms with E-state index in [1.54, 1.807) is 0 Å². The Labute approximate surface area is 74.5 Å². The van der Waals surface area contributed by atoms with Crippen molar-refractivity contribution < 1.29 is 5.11 Å². The molecule has 0 saturated carbocycles. The molecule has 12 heavy (non-hydrogen) atoms. The fourth-order valence-corrected chi connectivity index (χ4v) is 1.75. The van der Waals surface area contributed by atoms with Crippen LogP contribution in [0.25, 0.3) is 0 Å². The van der Waals surface area contributed by atoms with E-state index in [2.05, 4.69) is 4.90 Å². The van der Waals surface area contributed by atoms with Gasteiger partial charge >= 0.3 is 0 Å². The number of nitrogens with two attached hydrogens (primary N) is 1. The van der Waals surface area contributed by atoms with Gasteiger partial charge in [-0.2, -0.15) is 0 Å². The van der Waals surface area contributed by atoms with Gasteiger partial charge in [0.05, 0.1) is 6.10 Å². The number of hydrogen-bond donors (Lipinski definition) is 2. The first-order valence-electron chi connectivity index (χ1n) is 4.67. The van der Waals surface area contributed by atoms with Crippen LogP contribution < -0.4 is 5.73 Å². The number of β-amino-alcohol motifs (C(OH)–C–C–N with tert-alkyl or cyclic N) is 1. The Morgan fingerprint density at radius 3 is 2.75 bits per heavy atom. The highest BCUT2D eigenvalue weighted by molar-refractivity contribution is 4.81. The molecule has 3 nitrogen and oxygen atoms in total. The fraction of sp³-hybridized carbons (Fsp3) is 1.00. The first-order valence-corrected chi connectivity index (χ1v) is 4.67. The second-order valence-electron chi connectivity index (χ2n) is 4.52. The van der Waals surface area contributed by atoms with Crippen LogP contribution in [-0.2, 0) is 0 Å². The highest BCUT2D eigenvalue weighted by Crippen LogP contribution is 2.12. The highest BCUT2D eigenvalue weighted by Gasteiger charge is 2.22. The quantitative estimate of drug-likeness (QED) is 0.625. The predicted octanol–water partition coefficient (Wildman–Crippen LogP) is 0.180. The van der Waals surface area contributed by atoms with Crippen molar-refractivity contribution in [3.8, 4) is 0 Å². The van der Waals surface area contributed by atoms with E-state index in [-0.39, 0.29) is 11.6 Å². The Hall–Kier alpha value is -0.120. The third-order valence-corrected chi connectivity index (χ3v) is 2.11. The Morgan fingerprint density at radius 1 is 1.58 bits per heavy atom. The van der Waals surface area contributed by atoms with Crippen LogP contribution in [0.15, 0.2) is 0 Å². The second kappa shape index (κ2) is 3.73. The topological polar surface area (TPSA) is 49.5 Å². The number of rotatable bonds is 2.